The van der Waals surface area contributed by atoms with Crippen molar-refractivity contribution in [3.05, 3.63) is 24.3 Å². The van der Waals surface area contributed by atoms with Gasteiger partial charge in [0, 0.05) is 24.3 Å². The van der Waals surface area contributed by atoms with E-state index in [1.165, 1.54) is 19.5 Å². The van der Waals surface area contributed by atoms with Gasteiger partial charge in [0.1, 0.15) is 0 Å². The minimum absolute atomic E-state index is 0.0806. The zero-order valence-corrected chi connectivity index (χ0v) is 11.6. The van der Waals surface area contributed by atoms with Crippen LogP contribution in [0.25, 0.3) is 0 Å². The first kappa shape index (κ1) is 13.9. The van der Waals surface area contributed by atoms with Gasteiger partial charge in [0.25, 0.3) is 0 Å². The Bertz CT molecular complexity index is 416. The van der Waals surface area contributed by atoms with E-state index in [0.717, 1.165) is 24.6 Å². The molecule has 1 amide bonds. The number of nitrogens with one attached hydrogen (secondary N) is 1. The van der Waals surface area contributed by atoms with E-state index in [-0.39, 0.29) is 5.91 Å². The largest absolute Gasteiger partial charge is 0.399 e. The Morgan fingerprint density at radius 1 is 1.42 bits per heavy atom. The van der Waals surface area contributed by atoms with Crippen LogP contribution in [0.4, 0.5) is 11.4 Å². The number of benzene rings is 1. The molecule has 3 N–H and O–H groups in total. The number of nitrogens with zero attached hydrogens (tertiary/aromatic N) is 1. The Balaban J connectivity index is 1.66. The highest BCUT2D eigenvalue weighted by Crippen LogP contribution is 2.15. The normalized spacial score (nSPS) is 19.5. The first-order chi connectivity index (χ1) is 9.13. The topological polar surface area (TPSA) is 58.4 Å². The van der Waals surface area contributed by atoms with E-state index in [1.54, 1.807) is 12.1 Å². The van der Waals surface area contributed by atoms with Crippen LogP contribution in [0.3, 0.4) is 0 Å². The number of nitrogens with two attached hydrogens (primary N) is 1. The third-order valence-electron chi connectivity index (χ3n) is 3.58. The summed E-state index contributed by atoms with van der Waals surface area (Å²) in [6, 6.07) is 7.24. The van der Waals surface area contributed by atoms with Crippen LogP contribution >= 0.6 is 0 Å². The number of amides is 1. The van der Waals surface area contributed by atoms with E-state index >= 15 is 0 Å². The first-order valence-corrected chi connectivity index (χ1v) is 7.01. The highest BCUT2D eigenvalue weighted by atomic mass is 16.1. The van der Waals surface area contributed by atoms with Crippen LogP contribution in [0.1, 0.15) is 26.2 Å². The van der Waals surface area contributed by atoms with Gasteiger partial charge in [-0.3, -0.25) is 4.79 Å². The van der Waals surface area contributed by atoms with Gasteiger partial charge in [0.2, 0.25) is 5.91 Å². The molecule has 0 aliphatic carbocycles. The Kier molecular flexibility index (Phi) is 4.80. The van der Waals surface area contributed by atoms with Crippen molar-refractivity contribution < 1.29 is 4.79 Å². The lowest BCUT2D eigenvalue weighted by Crippen LogP contribution is -2.23. The Hall–Kier alpha value is -1.55. The molecule has 0 saturated carbocycles. The van der Waals surface area contributed by atoms with Crippen molar-refractivity contribution in [2.45, 2.75) is 26.2 Å². The van der Waals surface area contributed by atoms with Gasteiger partial charge in [0.05, 0.1) is 0 Å². The summed E-state index contributed by atoms with van der Waals surface area (Å²) in [5, 5.41) is 2.89. The number of rotatable bonds is 5. The summed E-state index contributed by atoms with van der Waals surface area (Å²) in [6.07, 6.45) is 2.79. The summed E-state index contributed by atoms with van der Waals surface area (Å²) in [5.74, 6) is 0.889. The lowest BCUT2D eigenvalue weighted by atomic mass is 10.2. The molecular formula is C15H23N3O. The van der Waals surface area contributed by atoms with Gasteiger partial charge >= 0.3 is 0 Å². The molecule has 1 aromatic rings. The third-order valence-corrected chi connectivity index (χ3v) is 3.58. The summed E-state index contributed by atoms with van der Waals surface area (Å²) in [6.45, 7) is 5.67. The van der Waals surface area contributed by atoms with Crippen molar-refractivity contribution in [3.8, 4) is 0 Å². The summed E-state index contributed by atoms with van der Waals surface area (Å²) >= 11 is 0. The van der Waals surface area contributed by atoms with E-state index in [2.05, 4.69) is 17.1 Å². The predicted octanol–water partition coefficient (Wildman–Crippen LogP) is 2.33. The predicted molar refractivity (Wildman–Crippen MR) is 78.9 cm³/mol. The Morgan fingerprint density at radius 2 is 2.16 bits per heavy atom. The molecule has 4 nitrogen and oxygen atoms in total. The van der Waals surface area contributed by atoms with Gasteiger partial charge in [-0.05, 0) is 56.1 Å². The summed E-state index contributed by atoms with van der Waals surface area (Å²) in [4.78, 5) is 14.2. The van der Waals surface area contributed by atoms with Gasteiger partial charge in [-0.15, -0.1) is 0 Å². The van der Waals surface area contributed by atoms with E-state index in [0.29, 0.717) is 12.1 Å². The molecule has 1 aromatic carbocycles. The molecule has 1 saturated heterocycles. The third kappa shape index (κ3) is 4.56. The summed E-state index contributed by atoms with van der Waals surface area (Å²) in [7, 11) is 0. The van der Waals surface area contributed by atoms with Crippen molar-refractivity contribution in [2.24, 2.45) is 5.92 Å². The van der Waals surface area contributed by atoms with Crippen LogP contribution in [-0.4, -0.2) is 30.4 Å². The maximum Gasteiger partial charge on any atom is 0.224 e. The molecule has 4 heteroatoms. The van der Waals surface area contributed by atoms with E-state index in [4.69, 9.17) is 5.73 Å². The molecule has 1 atom stereocenters. The van der Waals surface area contributed by atoms with E-state index < -0.39 is 0 Å². The van der Waals surface area contributed by atoms with Crippen LogP contribution in [0.2, 0.25) is 0 Å². The van der Waals surface area contributed by atoms with Crippen molar-refractivity contribution in [3.63, 3.8) is 0 Å². The fourth-order valence-corrected chi connectivity index (χ4v) is 2.48. The zero-order valence-electron chi connectivity index (χ0n) is 11.6. The van der Waals surface area contributed by atoms with E-state index in [9.17, 15) is 4.79 Å². The molecular weight excluding hydrogens is 238 g/mol. The molecule has 104 valence electrons. The number of carbonyl (C=O) groups excluding carboxylic acids is 1. The fraction of sp³-hybridized carbons (Fsp3) is 0.533. The van der Waals surface area contributed by atoms with Gasteiger partial charge in [0.15, 0.2) is 0 Å². The van der Waals surface area contributed by atoms with Crippen molar-refractivity contribution in [1.82, 2.24) is 4.90 Å². The molecule has 1 aliphatic heterocycles. The average molecular weight is 261 g/mol. The van der Waals surface area contributed by atoms with Crippen LogP contribution in [0, 0.1) is 5.92 Å². The van der Waals surface area contributed by atoms with E-state index in [1.807, 2.05) is 12.1 Å². The number of nitrogen functional groups attached to an aromatic ring is 1. The molecule has 19 heavy (non-hydrogen) atoms. The fourth-order valence-electron chi connectivity index (χ4n) is 2.48. The number of hydrogen-bond acceptors (Lipinski definition) is 3. The first-order valence-electron chi connectivity index (χ1n) is 7.01. The molecule has 1 aliphatic rings. The van der Waals surface area contributed by atoms with Gasteiger partial charge in [-0.1, -0.05) is 6.92 Å². The quantitative estimate of drug-likeness (QED) is 0.800. The molecule has 0 aromatic heterocycles. The summed E-state index contributed by atoms with van der Waals surface area (Å²) < 4.78 is 0. The van der Waals surface area contributed by atoms with Crippen molar-refractivity contribution in [1.29, 1.82) is 0 Å². The summed E-state index contributed by atoms with van der Waals surface area (Å²) in [5.41, 5.74) is 7.12. The molecule has 0 spiro atoms. The second-order valence-corrected chi connectivity index (χ2v) is 5.47. The molecule has 0 radical (unpaired) electrons. The van der Waals surface area contributed by atoms with Crippen LogP contribution in [0.15, 0.2) is 24.3 Å². The Labute approximate surface area is 115 Å². The van der Waals surface area contributed by atoms with Crippen LogP contribution in [-0.2, 0) is 4.79 Å². The lowest BCUT2D eigenvalue weighted by Gasteiger charge is -2.14. The highest BCUT2D eigenvalue weighted by molar-refractivity contribution is 5.90. The van der Waals surface area contributed by atoms with Crippen LogP contribution in [0.5, 0.6) is 0 Å². The standard InChI is InChI=1S/C15H23N3O/c1-12-8-10-18(11-12)9-2-3-15(19)17-14-6-4-13(16)5-7-14/h4-7,12H,2-3,8-11,16H2,1H3,(H,17,19). The molecule has 0 bridgehead atoms. The van der Waals surface area contributed by atoms with Crippen LogP contribution < -0.4 is 11.1 Å². The monoisotopic (exact) mass is 261 g/mol. The lowest BCUT2D eigenvalue weighted by molar-refractivity contribution is -0.116. The number of likely N-dealkylation sites (tertiary alicyclic amines) is 1. The zero-order chi connectivity index (χ0) is 13.7. The minimum Gasteiger partial charge on any atom is -0.399 e. The highest BCUT2D eigenvalue weighted by Gasteiger charge is 2.17. The van der Waals surface area contributed by atoms with Crippen molar-refractivity contribution in [2.75, 3.05) is 30.7 Å². The second kappa shape index (κ2) is 6.57. The smallest absolute Gasteiger partial charge is 0.224 e. The van der Waals surface area contributed by atoms with Gasteiger partial charge in [-0.25, -0.2) is 0 Å². The SMILES string of the molecule is CC1CCN(CCCC(=O)Nc2ccc(N)cc2)C1. The van der Waals surface area contributed by atoms with Crippen molar-refractivity contribution >= 4 is 17.3 Å². The maximum atomic E-state index is 11.8. The van der Waals surface area contributed by atoms with Gasteiger partial charge in [-0.2, -0.15) is 0 Å². The Morgan fingerprint density at radius 3 is 2.79 bits per heavy atom. The molecule has 1 fully saturated rings. The molecule has 1 heterocycles. The molecule has 2 rings (SSSR count). The molecule has 1 unspecified atom stereocenters. The second-order valence-electron chi connectivity index (χ2n) is 5.47. The average Bonchev–Trinajstić information content (AvgIpc) is 2.78. The minimum atomic E-state index is 0.0806. The number of carbonyl (C=O) groups is 1. The maximum absolute atomic E-state index is 11.8. The number of anilines is 2. The number of hydrogen-bond donors (Lipinski definition) is 2. The van der Waals surface area contributed by atoms with Gasteiger partial charge < -0.3 is 16.0 Å².